The lowest BCUT2D eigenvalue weighted by atomic mass is 10.1. The van der Waals surface area contributed by atoms with Crippen molar-refractivity contribution >= 4 is 81.2 Å². The summed E-state index contributed by atoms with van der Waals surface area (Å²) in [6.45, 7) is 1.53. The summed E-state index contributed by atoms with van der Waals surface area (Å²) in [5, 5.41) is 6.28. The minimum atomic E-state index is -1.35. The Morgan fingerprint density at radius 2 is 1.65 bits per heavy atom. The van der Waals surface area contributed by atoms with Crippen LogP contribution in [0.25, 0.3) is 0 Å². The number of aromatic nitrogens is 1. The van der Waals surface area contributed by atoms with E-state index < -0.39 is 33.9 Å². The van der Waals surface area contributed by atoms with Gasteiger partial charge >= 0.3 is 0 Å². The summed E-state index contributed by atoms with van der Waals surface area (Å²) >= 11 is 31.1. The molecule has 2 N–H and O–H groups in total. The van der Waals surface area contributed by atoms with Gasteiger partial charge in [-0.25, -0.2) is 4.98 Å². The van der Waals surface area contributed by atoms with Gasteiger partial charge in [0, 0.05) is 27.2 Å². The second-order valence-electron chi connectivity index (χ2n) is 7.80. The van der Waals surface area contributed by atoms with Gasteiger partial charge in [-0.2, -0.15) is 4.39 Å². The average Bonchev–Trinajstić information content (AvgIpc) is 3.33. The van der Waals surface area contributed by atoms with Crippen LogP contribution in [0.15, 0.2) is 48.7 Å². The number of pyridine rings is 1. The van der Waals surface area contributed by atoms with Gasteiger partial charge in [0.1, 0.15) is 4.33 Å². The molecule has 2 aromatic carbocycles. The monoisotopic (exact) mass is 559 g/mol. The van der Waals surface area contributed by atoms with Crippen molar-refractivity contribution in [2.45, 2.75) is 17.2 Å². The molecule has 4 rings (SSSR count). The molecule has 2 amide bonds. The van der Waals surface area contributed by atoms with E-state index in [1.54, 1.807) is 24.3 Å². The maximum Gasteiger partial charge on any atom is 0.257 e. The van der Waals surface area contributed by atoms with Crippen LogP contribution in [0.4, 0.5) is 15.8 Å². The molecule has 3 aromatic rings. The smallest absolute Gasteiger partial charge is 0.257 e. The highest BCUT2D eigenvalue weighted by atomic mass is 35.5. The van der Waals surface area contributed by atoms with Crippen molar-refractivity contribution < 1.29 is 14.0 Å². The van der Waals surface area contributed by atoms with E-state index >= 15 is 0 Å². The van der Waals surface area contributed by atoms with Gasteiger partial charge in [0.15, 0.2) is 0 Å². The van der Waals surface area contributed by atoms with Crippen LogP contribution in [0.5, 0.6) is 0 Å². The summed E-state index contributed by atoms with van der Waals surface area (Å²) in [4.78, 5) is 29.2. The second-order valence-corrected chi connectivity index (χ2v) is 10.5. The Labute approximate surface area is 219 Å². The number of aryl methyl sites for hydroxylation is 1. The summed E-state index contributed by atoms with van der Waals surface area (Å²) in [6.07, 6.45) is 1.19. The third-order valence-corrected chi connectivity index (χ3v) is 7.04. The van der Waals surface area contributed by atoms with Gasteiger partial charge in [-0.3, -0.25) is 9.59 Å². The van der Waals surface area contributed by atoms with Gasteiger partial charge in [-0.1, -0.05) is 34.8 Å². The first-order valence-corrected chi connectivity index (χ1v) is 11.7. The summed E-state index contributed by atoms with van der Waals surface area (Å²) in [6, 6.07) is 10.7. The van der Waals surface area contributed by atoms with Gasteiger partial charge in [-0.05, 0) is 55.0 Å². The standard InChI is InChI=1S/C23H15Cl5FN3O2/c1-10-4-15(9-30-20(10)29)32-21(33)16-8-14(2-3-17(16)26)31-22(34)19-18(23(19,27)28)11-5-12(24)7-13(25)6-11/h2-9,18-19H,1H3,(H,31,34)(H,32,33)/t18-,19+/m1/s1. The highest BCUT2D eigenvalue weighted by molar-refractivity contribution is 6.53. The normalized spacial score (nSPS) is 18.3. The van der Waals surface area contributed by atoms with Crippen molar-refractivity contribution in [1.29, 1.82) is 0 Å². The van der Waals surface area contributed by atoms with E-state index in [0.717, 1.165) is 0 Å². The third kappa shape index (κ3) is 5.11. The van der Waals surface area contributed by atoms with E-state index in [2.05, 4.69) is 15.6 Å². The molecule has 34 heavy (non-hydrogen) atoms. The number of amides is 2. The molecule has 11 heteroatoms. The number of hydrogen-bond acceptors (Lipinski definition) is 3. The maximum atomic E-state index is 13.4. The van der Waals surface area contributed by atoms with Gasteiger partial charge in [-0.15, -0.1) is 23.2 Å². The zero-order valence-corrected chi connectivity index (χ0v) is 21.1. The van der Waals surface area contributed by atoms with Crippen LogP contribution in [0.3, 0.4) is 0 Å². The Morgan fingerprint density at radius 1 is 0.971 bits per heavy atom. The number of alkyl halides is 2. The van der Waals surface area contributed by atoms with Crippen molar-refractivity contribution in [2.75, 3.05) is 10.6 Å². The summed E-state index contributed by atoms with van der Waals surface area (Å²) in [7, 11) is 0. The van der Waals surface area contributed by atoms with Crippen LogP contribution in [-0.4, -0.2) is 21.1 Å². The third-order valence-electron chi connectivity index (χ3n) is 5.33. The van der Waals surface area contributed by atoms with E-state index in [1.165, 1.54) is 31.3 Å². The van der Waals surface area contributed by atoms with Crippen LogP contribution >= 0.6 is 58.0 Å². The zero-order chi connectivity index (χ0) is 24.8. The molecule has 1 saturated carbocycles. The number of nitrogens with zero attached hydrogens (tertiary/aromatic N) is 1. The van der Waals surface area contributed by atoms with E-state index in [0.29, 0.717) is 27.0 Å². The number of hydrogen-bond donors (Lipinski definition) is 2. The van der Waals surface area contributed by atoms with Crippen LogP contribution in [0.2, 0.25) is 15.1 Å². The Bertz CT molecular complexity index is 1300. The fourth-order valence-electron chi connectivity index (χ4n) is 3.64. The average molecular weight is 562 g/mol. The number of nitrogens with one attached hydrogen (secondary N) is 2. The van der Waals surface area contributed by atoms with Crippen molar-refractivity contribution in [2.24, 2.45) is 5.92 Å². The molecule has 1 aliphatic rings. The molecule has 1 aliphatic carbocycles. The highest BCUT2D eigenvalue weighted by Crippen LogP contribution is 2.65. The van der Waals surface area contributed by atoms with Gasteiger partial charge < -0.3 is 10.6 Å². The molecular formula is C23H15Cl5FN3O2. The SMILES string of the molecule is Cc1cc(NC(=O)c2cc(NC(=O)[C@@H]3[C@@H](c4cc(Cl)cc(Cl)c4)C3(Cl)Cl)ccc2Cl)cnc1F. The first kappa shape index (κ1) is 25.0. The molecule has 5 nitrogen and oxygen atoms in total. The fourth-order valence-corrected chi connectivity index (χ4v) is 5.22. The highest BCUT2D eigenvalue weighted by Gasteiger charge is 2.67. The number of rotatable bonds is 5. The molecule has 0 spiro atoms. The largest absolute Gasteiger partial charge is 0.326 e. The van der Waals surface area contributed by atoms with E-state index in [4.69, 9.17) is 58.0 Å². The minimum Gasteiger partial charge on any atom is -0.326 e. The van der Waals surface area contributed by atoms with E-state index in [9.17, 15) is 14.0 Å². The second kappa shape index (κ2) is 9.51. The zero-order valence-electron chi connectivity index (χ0n) is 17.3. The summed E-state index contributed by atoms with van der Waals surface area (Å²) in [5.41, 5.74) is 1.62. The first-order chi connectivity index (χ1) is 16.0. The van der Waals surface area contributed by atoms with Gasteiger partial charge in [0.05, 0.1) is 28.4 Å². The molecule has 0 aliphatic heterocycles. The van der Waals surface area contributed by atoms with Crippen molar-refractivity contribution in [1.82, 2.24) is 4.98 Å². The summed E-state index contributed by atoms with van der Waals surface area (Å²) < 4.78 is 12.0. The number of benzene rings is 2. The molecule has 0 radical (unpaired) electrons. The number of anilines is 2. The number of halogens is 6. The van der Waals surface area contributed by atoms with Crippen LogP contribution < -0.4 is 10.6 Å². The summed E-state index contributed by atoms with van der Waals surface area (Å²) in [5.74, 6) is -2.93. The van der Waals surface area contributed by atoms with Crippen molar-refractivity contribution in [3.05, 3.63) is 86.4 Å². The molecular weight excluding hydrogens is 547 g/mol. The minimum absolute atomic E-state index is 0.0958. The van der Waals surface area contributed by atoms with Crippen molar-refractivity contribution in [3.8, 4) is 0 Å². The molecule has 1 aromatic heterocycles. The molecule has 0 unspecified atom stereocenters. The predicted molar refractivity (Wildman–Crippen MR) is 134 cm³/mol. The predicted octanol–water partition coefficient (Wildman–Crippen LogP) is 7.27. The lowest BCUT2D eigenvalue weighted by Gasteiger charge is -2.11. The molecule has 1 heterocycles. The molecule has 0 bridgehead atoms. The maximum absolute atomic E-state index is 13.4. The number of carbonyl (C=O) groups excluding carboxylic acids is 2. The van der Waals surface area contributed by atoms with Crippen LogP contribution in [-0.2, 0) is 4.79 Å². The van der Waals surface area contributed by atoms with Crippen molar-refractivity contribution in [3.63, 3.8) is 0 Å². The molecule has 2 atom stereocenters. The Balaban J connectivity index is 1.51. The number of carbonyl (C=O) groups is 2. The lowest BCUT2D eigenvalue weighted by Crippen LogP contribution is -2.18. The first-order valence-electron chi connectivity index (χ1n) is 9.85. The molecule has 176 valence electrons. The van der Waals surface area contributed by atoms with Gasteiger partial charge in [0.2, 0.25) is 11.9 Å². The Morgan fingerprint density at radius 3 is 2.29 bits per heavy atom. The quantitative estimate of drug-likeness (QED) is 0.254. The molecule has 1 fully saturated rings. The Kier molecular flexibility index (Phi) is 7.00. The molecule has 0 saturated heterocycles. The fraction of sp³-hybridized carbons (Fsp3) is 0.174. The van der Waals surface area contributed by atoms with E-state index in [-0.39, 0.29) is 16.1 Å². The topological polar surface area (TPSA) is 71.1 Å². The van der Waals surface area contributed by atoms with Gasteiger partial charge in [0.25, 0.3) is 5.91 Å². The Hall–Kier alpha value is -2.09. The van der Waals surface area contributed by atoms with Crippen LogP contribution in [0.1, 0.15) is 27.4 Å². The van der Waals surface area contributed by atoms with Crippen LogP contribution in [0, 0.1) is 18.8 Å². The van der Waals surface area contributed by atoms with E-state index in [1.807, 2.05) is 0 Å². The lowest BCUT2D eigenvalue weighted by molar-refractivity contribution is -0.117.